The lowest BCUT2D eigenvalue weighted by Gasteiger charge is -2.12. The molecule has 3 aromatic rings. The zero-order valence-electron chi connectivity index (χ0n) is 18.1. The highest BCUT2D eigenvalue weighted by molar-refractivity contribution is 5.68. The van der Waals surface area contributed by atoms with Gasteiger partial charge >= 0.3 is 0 Å². The zero-order valence-corrected chi connectivity index (χ0v) is 18.1. The van der Waals surface area contributed by atoms with E-state index in [2.05, 4.69) is 66.4 Å². The number of aromatic hydroxyl groups is 1. The van der Waals surface area contributed by atoms with Crippen molar-refractivity contribution in [1.82, 2.24) is 4.90 Å². The van der Waals surface area contributed by atoms with Crippen molar-refractivity contribution in [3.63, 3.8) is 0 Å². The summed E-state index contributed by atoms with van der Waals surface area (Å²) in [4.78, 5) is 2.11. The fraction of sp³-hybridized carbons (Fsp3) is 0.259. The monoisotopic (exact) mass is 401 g/mol. The topological polar surface area (TPSA) is 32.7 Å². The molecule has 0 saturated carbocycles. The normalized spacial score (nSPS) is 11.7. The molecule has 0 amide bonds. The van der Waals surface area contributed by atoms with E-state index >= 15 is 0 Å². The maximum Gasteiger partial charge on any atom is 0.119 e. The second-order valence-electron chi connectivity index (χ2n) is 7.94. The highest BCUT2D eigenvalue weighted by atomic mass is 16.5. The predicted octanol–water partition coefficient (Wildman–Crippen LogP) is 5.51. The summed E-state index contributed by atoms with van der Waals surface area (Å²) in [5.41, 5.74) is 6.24. The Bertz CT molecular complexity index is 940. The third-order valence-electron chi connectivity index (χ3n) is 5.07. The number of hydrogen-bond acceptors (Lipinski definition) is 3. The molecule has 0 atom stereocenters. The molecule has 3 rings (SSSR count). The molecular weight excluding hydrogens is 370 g/mol. The van der Waals surface area contributed by atoms with Gasteiger partial charge in [0.15, 0.2) is 0 Å². The van der Waals surface area contributed by atoms with Gasteiger partial charge in [-0.2, -0.15) is 0 Å². The molecule has 0 fully saturated rings. The third kappa shape index (κ3) is 6.78. The number of nitrogens with zero attached hydrogens (tertiary/aromatic N) is 1. The molecule has 3 aromatic carbocycles. The van der Waals surface area contributed by atoms with Gasteiger partial charge in [-0.3, -0.25) is 0 Å². The molecule has 0 aliphatic carbocycles. The second kappa shape index (κ2) is 10.7. The van der Waals surface area contributed by atoms with Crippen LogP contribution in [0.4, 0.5) is 0 Å². The summed E-state index contributed by atoms with van der Waals surface area (Å²) < 4.78 is 5.81. The van der Waals surface area contributed by atoms with E-state index in [0.29, 0.717) is 12.4 Å². The SMILES string of the molecule is Cc1ccc(/C(=C/Cc2ccc(O)cc2)Cc2ccc(OCCN(C)C)cc2)cc1. The summed E-state index contributed by atoms with van der Waals surface area (Å²) in [6.45, 7) is 3.70. The van der Waals surface area contributed by atoms with E-state index in [1.54, 1.807) is 12.1 Å². The van der Waals surface area contributed by atoms with Crippen molar-refractivity contribution in [2.75, 3.05) is 27.2 Å². The van der Waals surface area contributed by atoms with Gasteiger partial charge in [-0.15, -0.1) is 0 Å². The molecule has 0 spiro atoms. The summed E-state index contributed by atoms with van der Waals surface area (Å²) in [6, 6.07) is 24.5. The van der Waals surface area contributed by atoms with Crippen molar-refractivity contribution in [1.29, 1.82) is 0 Å². The Labute approximate surface area is 180 Å². The summed E-state index contributed by atoms with van der Waals surface area (Å²) in [5.74, 6) is 1.21. The lowest BCUT2D eigenvalue weighted by atomic mass is 9.95. The first kappa shape index (κ1) is 21.7. The van der Waals surface area contributed by atoms with Gasteiger partial charge in [0.25, 0.3) is 0 Å². The maximum absolute atomic E-state index is 9.51. The molecule has 0 bridgehead atoms. The number of benzene rings is 3. The maximum atomic E-state index is 9.51. The van der Waals surface area contributed by atoms with Crippen LogP contribution in [0, 0.1) is 6.92 Å². The first-order valence-corrected chi connectivity index (χ1v) is 10.4. The van der Waals surface area contributed by atoms with Crippen LogP contribution in [0.2, 0.25) is 0 Å². The summed E-state index contributed by atoms with van der Waals surface area (Å²) in [7, 11) is 4.09. The van der Waals surface area contributed by atoms with Gasteiger partial charge in [0.1, 0.15) is 18.1 Å². The van der Waals surface area contributed by atoms with Gasteiger partial charge in [0.2, 0.25) is 0 Å². The molecule has 0 aliphatic heterocycles. The predicted molar refractivity (Wildman–Crippen MR) is 125 cm³/mol. The van der Waals surface area contributed by atoms with E-state index in [9.17, 15) is 5.11 Å². The van der Waals surface area contributed by atoms with Gasteiger partial charge < -0.3 is 14.7 Å². The number of phenolic OH excluding ortho intramolecular Hbond substituents is 1. The van der Waals surface area contributed by atoms with Crippen molar-refractivity contribution in [2.45, 2.75) is 19.8 Å². The molecule has 0 aromatic heterocycles. The van der Waals surface area contributed by atoms with Crippen LogP contribution in [0.3, 0.4) is 0 Å². The first-order valence-electron chi connectivity index (χ1n) is 10.4. The number of allylic oxidation sites excluding steroid dienone is 2. The van der Waals surface area contributed by atoms with E-state index < -0.39 is 0 Å². The molecule has 3 heteroatoms. The minimum atomic E-state index is 0.300. The van der Waals surface area contributed by atoms with Crippen LogP contribution in [-0.4, -0.2) is 37.3 Å². The number of phenols is 1. The number of rotatable bonds is 9. The average molecular weight is 402 g/mol. The standard InChI is InChI=1S/C27H31NO2/c1-21-4-11-24(12-5-21)25(13-6-22-7-14-26(29)15-8-22)20-23-9-16-27(17-10-23)30-19-18-28(2)3/h4-5,7-17,29H,6,18-20H2,1-3H3/b25-13+. The Balaban J connectivity index is 1.74. The molecule has 0 aliphatic rings. The molecule has 3 nitrogen and oxygen atoms in total. The van der Waals surface area contributed by atoms with Crippen LogP contribution in [0.5, 0.6) is 11.5 Å². The van der Waals surface area contributed by atoms with E-state index in [1.165, 1.54) is 27.8 Å². The van der Waals surface area contributed by atoms with Crippen molar-refractivity contribution in [3.8, 4) is 11.5 Å². The minimum Gasteiger partial charge on any atom is -0.508 e. The molecule has 0 radical (unpaired) electrons. The Kier molecular flexibility index (Phi) is 7.69. The molecule has 0 heterocycles. The molecule has 0 unspecified atom stereocenters. The summed E-state index contributed by atoms with van der Waals surface area (Å²) >= 11 is 0. The van der Waals surface area contributed by atoms with E-state index in [-0.39, 0.29) is 0 Å². The summed E-state index contributed by atoms with van der Waals surface area (Å²) in [5, 5.41) is 9.51. The fourth-order valence-electron chi connectivity index (χ4n) is 3.20. The number of likely N-dealkylation sites (N-methyl/N-ethyl adjacent to an activating group) is 1. The Morgan fingerprint density at radius 1 is 0.867 bits per heavy atom. The number of hydrogen-bond donors (Lipinski definition) is 1. The van der Waals surface area contributed by atoms with Crippen LogP contribution in [0.15, 0.2) is 78.9 Å². The summed E-state index contributed by atoms with van der Waals surface area (Å²) in [6.07, 6.45) is 3.98. The molecule has 156 valence electrons. The van der Waals surface area contributed by atoms with Crippen LogP contribution in [-0.2, 0) is 12.8 Å². The highest BCUT2D eigenvalue weighted by Gasteiger charge is 2.05. The molecule has 0 saturated heterocycles. The largest absolute Gasteiger partial charge is 0.508 e. The lowest BCUT2D eigenvalue weighted by molar-refractivity contribution is 0.261. The van der Waals surface area contributed by atoms with Gasteiger partial charge in [-0.25, -0.2) is 0 Å². The Morgan fingerprint density at radius 3 is 2.13 bits per heavy atom. The van der Waals surface area contributed by atoms with Gasteiger partial charge in [-0.05, 0) is 80.4 Å². The zero-order chi connectivity index (χ0) is 21.3. The molecular formula is C27H31NO2. The van der Waals surface area contributed by atoms with Crippen molar-refractivity contribution in [3.05, 3.63) is 101 Å². The Morgan fingerprint density at radius 2 is 1.50 bits per heavy atom. The quantitative estimate of drug-likeness (QED) is 0.513. The highest BCUT2D eigenvalue weighted by Crippen LogP contribution is 2.23. The lowest BCUT2D eigenvalue weighted by Crippen LogP contribution is -2.19. The number of ether oxygens (including phenoxy) is 1. The van der Waals surface area contributed by atoms with Crippen LogP contribution < -0.4 is 4.74 Å². The fourth-order valence-corrected chi connectivity index (χ4v) is 3.20. The van der Waals surface area contributed by atoms with Crippen molar-refractivity contribution >= 4 is 5.57 Å². The van der Waals surface area contributed by atoms with E-state index in [0.717, 1.165) is 25.1 Å². The van der Waals surface area contributed by atoms with Gasteiger partial charge in [0, 0.05) is 6.54 Å². The van der Waals surface area contributed by atoms with Crippen molar-refractivity contribution < 1.29 is 9.84 Å². The van der Waals surface area contributed by atoms with Gasteiger partial charge in [0.05, 0.1) is 0 Å². The van der Waals surface area contributed by atoms with Crippen LogP contribution in [0.1, 0.15) is 22.3 Å². The minimum absolute atomic E-state index is 0.300. The van der Waals surface area contributed by atoms with Crippen LogP contribution >= 0.6 is 0 Å². The van der Waals surface area contributed by atoms with E-state index in [4.69, 9.17) is 4.74 Å². The smallest absolute Gasteiger partial charge is 0.119 e. The Hall–Kier alpha value is -3.04. The van der Waals surface area contributed by atoms with E-state index in [1.807, 2.05) is 26.2 Å². The molecule has 1 N–H and O–H groups in total. The molecule has 30 heavy (non-hydrogen) atoms. The average Bonchev–Trinajstić information content (AvgIpc) is 2.74. The first-order chi connectivity index (χ1) is 14.5. The van der Waals surface area contributed by atoms with Crippen LogP contribution in [0.25, 0.3) is 5.57 Å². The number of aryl methyl sites for hydroxylation is 1. The third-order valence-corrected chi connectivity index (χ3v) is 5.07. The van der Waals surface area contributed by atoms with Crippen molar-refractivity contribution in [2.24, 2.45) is 0 Å². The van der Waals surface area contributed by atoms with Gasteiger partial charge in [-0.1, -0.05) is 60.2 Å². The second-order valence-corrected chi connectivity index (χ2v) is 7.94.